The van der Waals surface area contributed by atoms with Crippen LogP contribution in [0.1, 0.15) is 38.3 Å². The molecule has 0 unspecified atom stereocenters. The van der Waals surface area contributed by atoms with E-state index in [1.54, 1.807) is 35.0 Å². The number of amides is 2. The first-order valence-corrected chi connectivity index (χ1v) is 13.5. The molecule has 0 fully saturated rings. The highest BCUT2D eigenvalue weighted by Gasteiger charge is 2.15. The Kier molecular flexibility index (Phi) is 14.7. The number of methoxy groups -OCH3 is 2. The van der Waals surface area contributed by atoms with Gasteiger partial charge in [0, 0.05) is 13.1 Å². The first-order chi connectivity index (χ1) is 19.2. The minimum absolute atomic E-state index is 0.0666. The van der Waals surface area contributed by atoms with Crippen LogP contribution < -0.4 is 24.8 Å². The van der Waals surface area contributed by atoms with E-state index in [4.69, 9.17) is 28.4 Å². The normalized spacial score (nSPS) is 11.0. The average molecular weight is 561 g/mol. The summed E-state index contributed by atoms with van der Waals surface area (Å²) in [5, 5.41) is 5.39. The first-order valence-electron chi connectivity index (χ1n) is 13.5. The molecule has 0 saturated heterocycles. The second-order valence-electron chi connectivity index (χ2n) is 9.98. The molecule has 0 spiro atoms. The molecule has 0 aliphatic carbocycles. The molecular weight excluding hydrogens is 516 g/mol. The van der Waals surface area contributed by atoms with E-state index in [2.05, 4.69) is 16.7 Å². The summed E-state index contributed by atoms with van der Waals surface area (Å²) in [7, 11) is 3.26. The molecule has 0 aliphatic heterocycles. The second kappa shape index (κ2) is 18.0. The molecule has 40 heavy (non-hydrogen) atoms. The fraction of sp³-hybridized carbons (Fsp3) is 0.533. The van der Waals surface area contributed by atoms with Crippen molar-refractivity contribution in [3.05, 3.63) is 53.6 Å². The van der Waals surface area contributed by atoms with Crippen molar-refractivity contribution in [2.24, 2.45) is 0 Å². The minimum atomic E-state index is -0.527. The van der Waals surface area contributed by atoms with Crippen LogP contribution in [-0.2, 0) is 31.8 Å². The lowest BCUT2D eigenvalue weighted by molar-refractivity contribution is -0.123. The van der Waals surface area contributed by atoms with Gasteiger partial charge in [0.1, 0.15) is 11.4 Å². The van der Waals surface area contributed by atoms with E-state index in [0.717, 1.165) is 36.3 Å². The topological polar surface area (TPSA) is 114 Å². The standard InChI is InChI=1S/C30H44N2O8/c1-30(2,3)40-29(34)32-15-17-38-19-18-37-16-14-31-28(33)22-39-25-11-7-10-23(20-25)8-6-9-24-12-13-26(35-4)27(21-24)36-5/h7,10-13,20-21H,6,8-9,14-19,22H2,1-5H3,(H,31,33)(H,32,34). The Morgan fingerprint density at radius 2 is 1.43 bits per heavy atom. The number of hydrogen-bond donors (Lipinski definition) is 2. The third-order valence-electron chi connectivity index (χ3n) is 5.50. The number of rotatable bonds is 18. The summed E-state index contributed by atoms with van der Waals surface area (Å²) in [5.74, 6) is 1.90. The molecule has 0 radical (unpaired) electrons. The molecule has 222 valence electrons. The molecule has 0 bridgehead atoms. The Morgan fingerprint density at radius 1 is 0.775 bits per heavy atom. The van der Waals surface area contributed by atoms with Crippen LogP contribution in [0.15, 0.2) is 42.5 Å². The van der Waals surface area contributed by atoms with Gasteiger partial charge in [-0.2, -0.15) is 0 Å². The summed E-state index contributed by atoms with van der Waals surface area (Å²) in [6.45, 7) is 7.57. The molecule has 0 heterocycles. The molecule has 0 saturated carbocycles. The average Bonchev–Trinajstić information content (AvgIpc) is 2.92. The minimum Gasteiger partial charge on any atom is -0.493 e. The predicted molar refractivity (Wildman–Crippen MR) is 152 cm³/mol. The van der Waals surface area contributed by atoms with Crippen molar-refractivity contribution in [1.82, 2.24) is 10.6 Å². The van der Waals surface area contributed by atoms with Gasteiger partial charge in [-0.25, -0.2) is 4.79 Å². The van der Waals surface area contributed by atoms with Crippen LogP contribution in [0.25, 0.3) is 0 Å². The largest absolute Gasteiger partial charge is 0.493 e. The number of aryl methyl sites for hydroxylation is 2. The molecule has 10 nitrogen and oxygen atoms in total. The van der Waals surface area contributed by atoms with Gasteiger partial charge in [0.05, 0.1) is 40.6 Å². The molecule has 2 rings (SSSR count). The molecule has 2 N–H and O–H groups in total. The lowest BCUT2D eigenvalue weighted by Gasteiger charge is -2.19. The van der Waals surface area contributed by atoms with Crippen LogP contribution in [0, 0.1) is 0 Å². The summed E-state index contributed by atoms with van der Waals surface area (Å²) >= 11 is 0. The van der Waals surface area contributed by atoms with Crippen LogP contribution in [0.3, 0.4) is 0 Å². The highest BCUT2D eigenvalue weighted by atomic mass is 16.6. The van der Waals surface area contributed by atoms with Crippen LogP contribution in [-0.4, -0.2) is 77.9 Å². The molecule has 2 amide bonds. The number of carbonyl (C=O) groups excluding carboxylic acids is 2. The van der Waals surface area contributed by atoms with Crippen LogP contribution in [0.2, 0.25) is 0 Å². The van der Waals surface area contributed by atoms with Crippen molar-refractivity contribution in [3.63, 3.8) is 0 Å². The molecule has 0 aromatic heterocycles. The van der Waals surface area contributed by atoms with Gasteiger partial charge < -0.3 is 39.1 Å². The molecular formula is C30H44N2O8. The van der Waals surface area contributed by atoms with Crippen LogP contribution in [0.4, 0.5) is 4.79 Å². The zero-order chi connectivity index (χ0) is 29.2. The molecule has 2 aromatic rings. The monoisotopic (exact) mass is 560 g/mol. The summed E-state index contributed by atoms with van der Waals surface area (Å²) in [6.07, 6.45) is 2.29. The van der Waals surface area contributed by atoms with Crippen molar-refractivity contribution in [3.8, 4) is 17.2 Å². The number of carbonyl (C=O) groups is 2. The first kappa shape index (κ1) is 32.7. The van der Waals surface area contributed by atoms with E-state index in [0.29, 0.717) is 45.3 Å². The molecule has 10 heteroatoms. The van der Waals surface area contributed by atoms with Gasteiger partial charge in [0.25, 0.3) is 5.91 Å². The number of alkyl carbamates (subject to hydrolysis) is 1. The Labute approximate surface area is 237 Å². The van der Waals surface area contributed by atoms with Crippen LogP contribution in [0.5, 0.6) is 17.2 Å². The lowest BCUT2D eigenvalue weighted by atomic mass is 10.0. The van der Waals surface area contributed by atoms with Gasteiger partial charge in [-0.05, 0) is 75.4 Å². The Morgan fingerprint density at radius 3 is 2.08 bits per heavy atom. The summed E-state index contributed by atoms with van der Waals surface area (Å²) < 4.78 is 32.3. The third-order valence-corrected chi connectivity index (χ3v) is 5.50. The number of ether oxygens (including phenoxy) is 6. The zero-order valence-electron chi connectivity index (χ0n) is 24.4. The Balaban J connectivity index is 1.52. The Hall–Kier alpha value is -3.50. The van der Waals surface area contributed by atoms with Gasteiger partial charge in [0.15, 0.2) is 18.1 Å². The third kappa shape index (κ3) is 14.0. The van der Waals surface area contributed by atoms with Gasteiger partial charge in [-0.1, -0.05) is 18.2 Å². The van der Waals surface area contributed by atoms with E-state index >= 15 is 0 Å². The van der Waals surface area contributed by atoms with Crippen molar-refractivity contribution in [2.75, 3.05) is 60.3 Å². The predicted octanol–water partition coefficient (Wildman–Crippen LogP) is 3.93. The van der Waals surface area contributed by atoms with E-state index in [-0.39, 0.29) is 12.5 Å². The van der Waals surface area contributed by atoms with E-state index in [1.165, 1.54) is 5.56 Å². The maximum absolute atomic E-state index is 12.1. The fourth-order valence-corrected chi connectivity index (χ4v) is 3.65. The highest BCUT2D eigenvalue weighted by Crippen LogP contribution is 2.28. The Bertz CT molecular complexity index is 1040. The van der Waals surface area contributed by atoms with E-state index in [9.17, 15) is 9.59 Å². The van der Waals surface area contributed by atoms with Gasteiger partial charge in [-0.3, -0.25) is 4.79 Å². The fourth-order valence-electron chi connectivity index (χ4n) is 3.65. The van der Waals surface area contributed by atoms with Gasteiger partial charge in [0.2, 0.25) is 0 Å². The zero-order valence-corrected chi connectivity index (χ0v) is 24.4. The summed E-state index contributed by atoms with van der Waals surface area (Å²) in [6, 6.07) is 13.8. The molecule has 2 aromatic carbocycles. The molecule has 0 atom stereocenters. The van der Waals surface area contributed by atoms with Crippen molar-refractivity contribution >= 4 is 12.0 Å². The van der Waals surface area contributed by atoms with Gasteiger partial charge in [-0.15, -0.1) is 0 Å². The smallest absolute Gasteiger partial charge is 0.407 e. The van der Waals surface area contributed by atoms with Crippen LogP contribution >= 0.6 is 0 Å². The highest BCUT2D eigenvalue weighted by molar-refractivity contribution is 5.77. The maximum Gasteiger partial charge on any atom is 0.407 e. The van der Waals surface area contributed by atoms with Crippen molar-refractivity contribution in [2.45, 2.75) is 45.6 Å². The van der Waals surface area contributed by atoms with E-state index < -0.39 is 11.7 Å². The maximum atomic E-state index is 12.1. The number of nitrogens with one attached hydrogen (secondary N) is 2. The SMILES string of the molecule is COc1ccc(CCCc2cccc(OCC(=O)NCCOCCOCCNC(=O)OC(C)(C)C)c2)cc1OC. The summed E-state index contributed by atoms with van der Waals surface area (Å²) in [5.41, 5.74) is 1.81. The van der Waals surface area contributed by atoms with E-state index in [1.807, 2.05) is 36.4 Å². The number of hydrogen-bond acceptors (Lipinski definition) is 8. The number of benzene rings is 2. The van der Waals surface area contributed by atoms with Crippen molar-refractivity contribution < 1.29 is 38.0 Å². The summed E-state index contributed by atoms with van der Waals surface area (Å²) in [4.78, 5) is 23.6. The lowest BCUT2D eigenvalue weighted by Crippen LogP contribution is -2.34. The van der Waals surface area contributed by atoms with Gasteiger partial charge >= 0.3 is 6.09 Å². The molecule has 0 aliphatic rings. The second-order valence-corrected chi connectivity index (χ2v) is 9.98. The van der Waals surface area contributed by atoms with Crippen molar-refractivity contribution in [1.29, 1.82) is 0 Å². The quantitative estimate of drug-likeness (QED) is 0.264.